The Labute approximate surface area is 207 Å². The summed E-state index contributed by atoms with van der Waals surface area (Å²) >= 11 is 1.55. The lowest BCUT2D eigenvalue weighted by Crippen LogP contribution is -2.49. The van der Waals surface area contributed by atoms with E-state index in [4.69, 9.17) is 4.74 Å². The van der Waals surface area contributed by atoms with E-state index in [0.29, 0.717) is 0 Å². The van der Waals surface area contributed by atoms with Gasteiger partial charge in [-0.2, -0.15) is 0 Å². The molecule has 7 heteroatoms. The number of fused-ring (bicyclic) bond motifs is 1. The van der Waals surface area contributed by atoms with E-state index < -0.39 is 16.7 Å². The van der Waals surface area contributed by atoms with Crippen LogP contribution in [0.5, 0.6) is 5.75 Å². The first-order valence-electron chi connectivity index (χ1n) is 11.1. The van der Waals surface area contributed by atoms with Crippen LogP contribution in [0.15, 0.2) is 102 Å². The Morgan fingerprint density at radius 3 is 2.26 bits per heavy atom. The molecule has 2 heterocycles. The molecule has 174 valence electrons. The summed E-state index contributed by atoms with van der Waals surface area (Å²) in [4.78, 5) is 40.9. The molecule has 35 heavy (non-hydrogen) atoms. The number of carbonyl (C=O) groups is 3. The molecule has 3 aromatic carbocycles. The quantitative estimate of drug-likeness (QED) is 0.480. The van der Waals surface area contributed by atoms with Crippen LogP contribution in [0, 0.1) is 0 Å². The first-order chi connectivity index (χ1) is 17.0. The normalized spacial score (nSPS) is 19.0. The molecular weight excluding hydrogens is 460 g/mol. The van der Waals surface area contributed by atoms with Gasteiger partial charge in [-0.15, -0.1) is 0 Å². The molecule has 2 aliphatic rings. The number of ether oxygens (including phenoxy) is 1. The molecule has 0 unspecified atom stereocenters. The Bertz CT molecular complexity index is 1330. The summed E-state index contributed by atoms with van der Waals surface area (Å²) in [5.41, 5.74) is 2.58. The molecule has 0 aromatic heterocycles. The maximum atomic E-state index is 13.8. The third kappa shape index (κ3) is 4.15. The maximum absolute atomic E-state index is 13.8. The van der Waals surface area contributed by atoms with Crippen molar-refractivity contribution in [2.45, 2.75) is 9.77 Å². The van der Waals surface area contributed by atoms with Gasteiger partial charge in [0.1, 0.15) is 17.2 Å². The van der Waals surface area contributed by atoms with Crippen molar-refractivity contribution in [1.29, 1.82) is 0 Å². The van der Waals surface area contributed by atoms with Gasteiger partial charge in [-0.3, -0.25) is 24.2 Å². The first kappa shape index (κ1) is 22.7. The smallest absolute Gasteiger partial charge is 0.254 e. The van der Waals surface area contributed by atoms with Gasteiger partial charge in [0.15, 0.2) is 0 Å². The van der Waals surface area contributed by atoms with Crippen molar-refractivity contribution in [2.24, 2.45) is 0 Å². The number of anilines is 1. The number of para-hydroxylation sites is 1. The van der Waals surface area contributed by atoms with Gasteiger partial charge in [0, 0.05) is 17.0 Å². The summed E-state index contributed by atoms with van der Waals surface area (Å²) in [7, 11) is 1.62. The third-order valence-corrected chi connectivity index (χ3v) is 7.38. The highest BCUT2D eigenvalue weighted by molar-refractivity contribution is 8.01. The molecular formula is C28H22N2O4S. The van der Waals surface area contributed by atoms with Crippen LogP contribution in [0.1, 0.15) is 11.1 Å². The fourth-order valence-corrected chi connectivity index (χ4v) is 5.65. The molecule has 0 bridgehead atoms. The fraction of sp³-hybridized carbons (Fsp3) is 0.107. The van der Waals surface area contributed by atoms with E-state index in [1.807, 2.05) is 91.0 Å². The summed E-state index contributed by atoms with van der Waals surface area (Å²) in [6, 6.07) is 25.1. The molecule has 2 aliphatic heterocycles. The molecule has 0 saturated carbocycles. The summed E-state index contributed by atoms with van der Waals surface area (Å²) < 4.78 is 5.26. The molecule has 1 atom stereocenters. The predicted octanol–water partition coefficient (Wildman–Crippen LogP) is 4.63. The molecule has 6 nitrogen and oxygen atoms in total. The van der Waals surface area contributed by atoms with Gasteiger partial charge in [-0.25, -0.2) is 0 Å². The number of hydrogen-bond acceptors (Lipinski definition) is 5. The van der Waals surface area contributed by atoms with Crippen LogP contribution < -0.4 is 9.64 Å². The zero-order valence-electron chi connectivity index (χ0n) is 19.0. The molecule has 0 saturated heterocycles. The number of imide groups is 1. The lowest BCUT2D eigenvalue weighted by Gasteiger charge is -2.36. The Hall–Kier alpha value is -4.10. The molecule has 3 aromatic rings. The van der Waals surface area contributed by atoms with Gasteiger partial charge in [-0.05, 0) is 41.5 Å². The molecule has 3 amide bonds. The SMILES string of the molecule is COc1ccc(/C=C/[C@@]2(c3ccccc3)Sc3ccccc3N2C(=O)CN2C(=O)C=CC2=O)cc1. The largest absolute Gasteiger partial charge is 0.497 e. The first-order valence-corrected chi connectivity index (χ1v) is 11.9. The summed E-state index contributed by atoms with van der Waals surface area (Å²) in [6.45, 7) is -0.343. The monoisotopic (exact) mass is 482 g/mol. The maximum Gasteiger partial charge on any atom is 0.254 e. The van der Waals surface area contributed by atoms with Gasteiger partial charge >= 0.3 is 0 Å². The molecule has 0 radical (unpaired) electrons. The minimum absolute atomic E-state index is 0.343. The third-order valence-electron chi connectivity index (χ3n) is 5.95. The van der Waals surface area contributed by atoms with Crippen molar-refractivity contribution >= 4 is 41.2 Å². The Kier molecular flexibility index (Phi) is 6.01. The summed E-state index contributed by atoms with van der Waals surface area (Å²) in [5, 5.41) is 0. The number of carbonyl (C=O) groups excluding carboxylic acids is 3. The topological polar surface area (TPSA) is 66.9 Å². The van der Waals surface area contributed by atoms with E-state index in [-0.39, 0.29) is 12.5 Å². The van der Waals surface area contributed by atoms with Crippen LogP contribution in [0.4, 0.5) is 5.69 Å². The van der Waals surface area contributed by atoms with Crippen molar-refractivity contribution in [3.05, 3.63) is 108 Å². The lowest BCUT2D eigenvalue weighted by molar-refractivity contribution is -0.140. The van der Waals surface area contributed by atoms with Crippen LogP contribution in [0.2, 0.25) is 0 Å². The van der Waals surface area contributed by atoms with Gasteiger partial charge in [-0.1, -0.05) is 72.4 Å². The second-order valence-corrected chi connectivity index (χ2v) is 9.33. The highest BCUT2D eigenvalue weighted by Gasteiger charge is 2.48. The zero-order chi connectivity index (χ0) is 24.4. The van der Waals surface area contributed by atoms with Gasteiger partial charge < -0.3 is 4.74 Å². The zero-order valence-corrected chi connectivity index (χ0v) is 19.8. The number of amides is 3. The van der Waals surface area contributed by atoms with Crippen molar-refractivity contribution in [3.8, 4) is 5.75 Å². The second-order valence-electron chi connectivity index (χ2n) is 8.06. The van der Waals surface area contributed by atoms with E-state index in [2.05, 4.69) is 0 Å². The van der Waals surface area contributed by atoms with E-state index in [1.165, 1.54) is 12.2 Å². The Balaban J connectivity index is 1.61. The highest BCUT2D eigenvalue weighted by atomic mass is 32.2. The van der Waals surface area contributed by atoms with Crippen molar-refractivity contribution < 1.29 is 19.1 Å². The number of rotatable bonds is 6. The Morgan fingerprint density at radius 2 is 1.57 bits per heavy atom. The van der Waals surface area contributed by atoms with E-state index >= 15 is 0 Å². The minimum Gasteiger partial charge on any atom is -0.497 e. The predicted molar refractivity (Wildman–Crippen MR) is 136 cm³/mol. The number of methoxy groups -OCH3 is 1. The summed E-state index contributed by atoms with van der Waals surface area (Å²) in [5.74, 6) is -0.561. The molecule has 0 N–H and O–H groups in total. The van der Waals surface area contributed by atoms with Gasteiger partial charge in [0.25, 0.3) is 11.8 Å². The minimum atomic E-state index is -0.915. The van der Waals surface area contributed by atoms with E-state index in [0.717, 1.165) is 32.4 Å². The van der Waals surface area contributed by atoms with Gasteiger partial charge in [0.2, 0.25) is 5.91 Å². The lowest BCUT2D eigenvalue weighted by atomic mass is 10.0. The summed E-state index contributed by atoms with van der Waals surface area (Å²) in [6.07, 6.45) is 6.35. The van der Waals surface area contributed by atoms with Crippen LogP contribution in [0.25, 0.3) is 6.08 Å². The van der Waals surface area contributed by atoms with Crippen molar-refractivity contribution in [2.75, 3.05) is 18.6 Å². The highest BCUT2D eigenvalue weighted by Crippen LogP contribution is 2.56. The molecule has 5 rings (SSSR count). The standard InChI is InChI=1S/C28H22N2O4S/c1-34-22-13-11-20(12-14-22)17-18-28(21-7-3-2-4-8-21)30(23-9-5-6-10-24(23)35-28)27(33)19-29-25(31)15-16-26(29)32/h2-18H,19H2,1H3/b18-17+/t28-/m0/s1. The average Bonchev–Trinajstić information content (AvgIpc) is 3.40. The van der Waals surface area contributed by atoms with Crippen LogP contribution >= 0.6 is 11.8 Å². The van der Waals surface area contributed by atoms with Gasteiger partial charge in [0.05, 0.1) is 12.8 Å². The van der Waals surface area contributed by atoms with Crippen molar-refractivity contribution in [3.63, 3.8) is 0 Å². The van der Waals surface area contributed by atoms with Crippen molar-refractivity contribution in [1.82, 2.24) is 4.90 Å². The van der Waals surface area contributed by atoms with Crippen LogP contribution in [-0.4, -0.2) is 36.3 Å². The number of nitrogens with zero attached hydrogens (tertiary/aromatic N) is 2. The number of benzene rings is 3. The average molecular weight is 483 g/mol. The van der Waals surface area contributed by atoms with E-state index in [9.17, 15) is 14.4 Å². The van der Waals surface area contributed by atoms with Crippen LogP contribution in [0.3, 0.4) is 0 Å². The molecule has 0 aliphatic carbocycles. The fourth-order valence-electron chi connectivity index (χ4n) is 4.23. The second kappa shape index (κ2) is 9.27. The molecule has 0 fully saturated rings. The Morgan fingerprint density at radius 1 is 0.914 bits per heavy atom. The van der Waals surface area contributed by atoms with E-state index in [1.54, 1.807) is 23.8 Å². The van der Waals surface area contributed by atoms with Crippen LogP contribution in [-0.2, 0) is 19.3 Å². The molecule has 0 spiro atoms. The number of thioether (sulfide) groups is 1. The number of hydrogen-bond donors (Lipinski definition) is 0.